The maximum atomic E-state index is 15.7. The number of benzene rings is 3. The van der Waals surface area contributed by atoms with Crippen LogP contribution in [-0.4, -0.2) is 81.9 Å². The van der Waals surface area contributed by atoms with E-state index >= 15 is 4.39 Å². The van der Waals surface area contributed by atoms with Crippen LogP contribution < -0.4 is 9.64 Å². The zero-order chi connectivity index (χ0) is 38.3. The summed E-state index contributed by atoms with van der Waals surface area (Å²) in [6, 6.07) is 22.5. The summed E-state index contributed by atoms with van der Waals surface area (Å²) in [5.41, 5.74) is 6.23. The molecule has 0 unspecified atom stereocenters. The van der Waals surface area contributed by atoms with Gasteiger partial charge < -0.3 is 28.6 Å². The van der Waals surface area contributed by atoms with Gasteiger partial charge in [0.05, 0.1) is 37.1 Å². The summed E-state index contributed by atoms with van der Waals surface area (Å²) in [5.74, 6) is -1.33. The SMILES string of the molecule is COc1cc(C(=O)N2Cc3ccccc3C[C@H]2CN2CCOCC2)c(-c2cc(C(=O)N(c3ccc(O)cc3)c3cc(C#N)n(C)c3C)c(C)n2C)cc1F. The largest absolute Gasteiger partial charge is 0.508 e. The van der Waals surface area contributed by atoms with Crippen molar-refractivity contribution in [2.45, 2.75) is 32.9 Å². The van der Waals surface area contributed by atoms with Crippen LogP contribution in [-0.2, 0) is 31.8 Å². The van der Waals surface area contributed by atoms with Gasteiger partial charge in [-0.1, -0.05) is 24.3 Å². The van der Waals surface area contributed by atoms with E-state index in [4.69, 9.17) is 9.47 Å². The molecule has 0 saturated carbocycles. The molecule has 3 aromatic carbocycles. The third-order valence-electron chi connectivity index (χ3n) is 10.9. The minimum absolute atomic E-state index is 0.0370. The summed E-state index contributed by atoms with van der Waals surface area (Å²) < 4.78 is 30.2. The fraction of sp³-hybridized carbons (Fsp3) is 0.310. The van der Waals surface area contributed by atoms with E-state index in [0.717, 1.165) is 18.7 Å². The lowest BCUT2D eigenvalue weighted by Gasteiger charge is -2.40. The minimum Gasteiger partial charge on any atom is -0.508 e. The van der Waals surface area contributed by atoms with Gasteiger partial charge in [0.1, 0.15) is 17.5 Å². The van der Waals surface area contributed by atoms with Gasteiger partial charge in [0.15, 0.2) is 11.6 Å². The van der Waals surface area contributed by atoms with E-state index in [1.807, 2.05) is 30.0 Å². The van der Waals surface area contributed by atoms with Crippen LogP contribution >= 0.6 is 0 Å². The molecule has 2 aliphatic rings. The standard InChI is InChI=1S/C42H43FN6O5/c1-26-34(42(52)49(30-10-12-33(50)13-11-30)38-19-31(23-44)45(3)27(38)2)21-39(46(26)4)35-20-37(43)40(53-5)22-36(35)41(51)48-24-29-9-7-6-8-28(29)18-32(48)25-47-14-16-54-17-15-47/h6-13,19-22,32,50H,14-18,24-25H2,1-5H3/t32-/m0/s1. The number of methoxy groups -OCH3 is 1. The van der Waals surface area contributed by atoms with Crippen molar-refractivity contribution in [1.29, 1.82) is 5.26 Å². The number of aromatic nitrogens is 2. The molecular formula is C42H43FN6O5. The first-order valence-corrected chi connectivity index (χ1v) is 17.9. The number of aromatic hydroxyl groups is 1. The highest BCUT2D eigenvalue weighted by molar-refractivity contribution is 6.13. The van der Waals surface area contributed by atoms with Crippen LogP contribution in [0.2, 0.25) is 0 Å². The van der Waals surface area contributed by atoms with Gasteiger partial charge in [-0.2, -0.15) is 5.26 Å². The number of phenols is 1. The van der Waals surface area contributed by atoms with Gasteiger partial charge in [-0.15, -0.1) is 0 Å². The Labute approximate surface area is 314 Å². The van der Waals surface area contributed by atoms with Crippen LogP contribution in [0.5, 0.6) is 11.5 Å². The number of nitrogens with zero attached hydrogens (tertiary/aromatic N) is 6. The Hall–Kier alpha value is -5.90. The first-order valence-electron chi connectivity index (χ1n) is 17.9. The Morgan fingerprint density at radius 3 is 2.33 bits per heavy atom. The van der Waals surface area contributed by atoms with Crippen molar-refractivity contribution in [1.82, 2.24) is 18.9 Å². The van der Waals surface area contributed by atoms with E-state index in [0.29, 0.717) is 78.0 Å². The monoisotopic (exact) mass is 730 g/mol. The van der Waals surface area contributed by atoms with Gasteiger partial charge in [0.25, 0.3) is 11.8 Å². The van der Waals surface area contributed by atoms with Crippen molar-refractivity contribution in [3.05, 3.63) is 118 Å². The molecule has 278 valence electrons. The topological polar surface area (TPSA) is 116 Å². The zero-order valence-electron chi connectivity index (χ0n) is 31.1. The number of morpholine rings is 1. The Bertz CT molecular complexity index is 2280. The number of phenolic OH excluding ortho intramolecular Hbond substituents is 1. The molecule has 4 heterocycles. The summed E-state index contributed by atoms with van der Waals surface area (Å²) in [6.07, 6.45) is 0.675. The van der Waals surface area contributed by atoms with Crippen molar-refractivity contribution < 1.29 is 28.6 Å². The molecule has 1 saturated heterocycles. The molecule has 2 aliphatic heterocycles. The molecule has 2 amide bonds. The average molecular weight is 731 g/mol. The Balaban J connectivity index is 1.33. The Morgan fingerprint density at radius 2 is 1.67 bits per heavy atom. The maximum absolute atomic E-state index is 15.7. The van der Waals surface area contributed by atoms with E-state index in [2.05, 4.69) is 17.0 Å². The average Bonchev–Trinajstić information content (AvgIpc) is 3.64. The number of halogens is 1. The summed E-state index contributed by atoms with van der Waals surface area (Å²) in [4.78, 5) is 35.4. The molecule has 1 N–H and O–H groups in total. The van der Waals surface area contributed by atoms with Crippen molar-refractivity contribution in [2.24, 2.45) is 14.1 Å². The second-order valence-corrected chi connectivity index (χ2v) is 13.9. The van der Waals surface area contributed by atoms with E-state index < -0.39 is 11.7 Å². The molecule has 0 radical (unpaired) electrons. The number of nitriles is 1. The third kappa shape index (κ3) is 6.61. The van der Waals surface area contributed by atoms with Gasteiger partial charge in [-0.25, -0.2) is 4.39 Å². The van der Waals surface area contributed by atoms with E-state index in [9.17, 15) is 20.0 Å². The van der Waals surface area contributed by atoms with Crippen LogP contribution in [0.4, 0.5) is 15.8 Å². The lowest BCUT2D eigenvalue weighted by Crippen LogP contribution is -2.52. The Morgan fingerprint density at radius 1 is 0.963 bits per heavy atom. The fourth-order valence-corrected chi connectivity index (χ4v) is 7.60. The fourth-order valence-electron chi connectivity index (χ4n) is 7.60. The summed E-state index contributed by atoms with van der Waals surface area (Å²) >= 11 is 0. The molecule has 2 aromatic heterocycles. The lowest BCUT2D eigenvalue weighted by atomic mass is 9.92. The van der Waals surface area contributed by atoms with Gasteiger partial charge in [0.2, 0.25) is 0 Å². The Kier molecular flexibility index (Phi) is 10.0. The highest BCUT2D eigenvalue weighted by atomic mass is 19.1. The van der Waals surface area contributed by atoms with E-state index in [1.54, 1.807) is 54.4 Å². The van der Waals surface area contributed by atoms with Gasteiger partial charge >= 0.3 is 0 Å². The second-order valence-electron chi connectivity index (χ2n) is 13.9. The first kappa shape index (κ1) is 36.5. The molecule has 1 fully saturated rings. The summed E-state index contributed by atoms with van der Waals surface area (Å²) in [7, 11) is 4.91. The van der Waals surface area contributed by atoms with Crippen LogP contribution in [0.15, 0.2) is 72.8 Å². The number of carbonyl (C=O) groups is 2. The number of carbonyl (C=O) groups excluding carboxylic acids is 2. The van der Waals surface area contributed by atoms with Crippen LogP contribution in [0, 0.1) is 31.0 Å². The lowest BCUT2D eigenvalue weighted by molar-refractivity contribution is 0.0193. The van der Waals surface area contributed by atoms with E-state index in [-0.39, 0.29) is 29.0 Å². The molecule has 0 aliphatic carbocycles. The van der Waals surface area contributed by atoms with E-state index in [1.165, 1.54) is 41.8 Å². The highest BCUT2D eigenvalue weighted by Gasteiger charge is 2.35. The van der Waals surface area contributed by atoms with Gasteiger partial charge in [-0.3, -0.25) is 19.4 Å². The smallest absolute Gasteiger partial charge is 0.264 e. The van der Waals surface area contributed by atoms with Crippen LogP contribution in [0.1, 0.15) is 48.9 Å². The normalized spacial score (nSPS) is 15.8. The number of amides is 2. The molecule has 11 nitrogen and oxygen atoms in total. The quantitative estimate of drug-likeness (QED) is 0.201. The van der Waals surface area contributed by atoms with Crippen molar-refractivity contribution in [3.8, 4) is 28.8 Å². The molecule has 0 spiro atoms. The second kappa shape index (κ2) is 14.9. The molecule has 5 aromatic rings. The third-order valence-corrected chi connectivity index (χ3v) is 10.9. The molecular weight excluding hydrogens is 687 g/mol. The number of fused-ring (bicyclic) bond motifs is 1. The molecule has 54 heavy (non-hydrogen) atoms. The predicted molar refractivity (Wildman–Crippen MR) is 203 cm³/mol. The highest BCUT2D eigenvalue weighted by Crippen LogP contribution is 2.38. The number of hydrogen-bond donors (Lipinski definition) is 1. The number of ether oxygens (including phenoxy) is 2. The number of rotatable bonds is 8. The molecule has 1 atom stereocenters. The molecule has 7 rings (SSSR count). The zero-order valence-corrected chi connectivity index (χ0v) is 31.1. The number of anilines is 2. The maximum Gasteiger partial charge on any atom is 0.264 e. The van der Waals surface area contributed by atoms with Crippen LogP contribution in [0.25, 0.3) is 11.3 Å². The van der Waals surface area contributed by atoms with Crippen LogP contribution in [0.3, 0.4) is 0 Å². The van der Waals surface area contributed by atoms with Crippen molar-refractivity contribution >= 4 is 23.2 Å². The van der Waals surface area contributed by atoms with Crippen molar-refractivity contribution in [2.75, 3.05) is 44.9 Å². The minimum atomic E-state index is -0.640. The summed E-state index contributed by atoms with van der Waals surface area (Å²) in [6.45, 7) is 7.50. The predicted octanol–water partition coefficient (Wildman–Crippen LogP) is 6.25. The van der Waals surface area contributed by atoms with Crippen molar-refractivity contribution in [3.63, 3.8) is 0 Å². The van der Waals surface area contributed by atoms with Gasteiger partial charge in [-0.05, 0) is 79.9 Å². The molecule has 12 heteroatoms. The first-order chi connectivity index (χ1) is 26.0. The molecule has 0 bridgehead atoms. The van der Waals surface area contributed by atoms with Gasteiger partial charge in [0, 0.05) is 74.6 Å². The summed E-state index contributed by atoms with van der Waals surface area (Å²) in [5, 5.41) is 19.8. The number of hydrogen-bond acceptors (Lipinski definition) is 7.